The van der Waals surface area contributed by atoms with Crippen LogP contribution in [0.4, 0.5) is 13.2 Å². The van der Waals surface area contributed by atoms with Crippen LogP contribution in [-0.4, -0.2) is 15.4 Å². The minimum atomic E-state index is -4.29. The molecule has 3 nitrogen and oxygen atoms in total. The number of H-pyrrole nitrogens is 1. The van der Waals surface area contributed by atoms with E-state index in [2.05, 4.69) is 15.4 Å². The van der Waals surface area contributed by atoms with Crippen LogP contribution in [0, 0.1) is 0 Å². The van der Waals surface area contributed by atoms with Crippen LogP contribution in [0.3, 0.4) is 0 Å². The molecule has 0 bridgehead atoms. The third-order valence-electron chi connectivity index (χ3n) is 1.80. The van der Waals surface area contributed by atoms with Crippen LogP contribution < -0.4 is 0 Å². The van der Waals surface area contributed by atoms with Gasteiger partial charge in [-0.3, -0.25) is 0 Å². The summed E-state index contributed by atoms with van der Waals surface area (Å²) in [6, 6.07) is 4.90. The zero-order chi connectivity index (χ0) is 11.6. The van der Waals surface area contributed by atoms with Crippen molar-refractivity contribution in [1.82, 2.24) is 15.4 Å². The molecule has 0 fully saturated rings. The summed E-state index contributed by atoms with van der Waals surface area (Å²) >= 11 is 1.24. The van der Waals surface area contributed by atoms with E-state index >= 15 is 0 Å². The standard InChI is InChI=1S/C9H6F3N3S/c10-9(11,12)6-1-3-7(4-2-6)16-8-5-13-15-14-8/h1-5H,(H,13,14,15). The van der Waals surface area contributed by atoms with Gasteiger partial charge in [0, 0.05) is 4.90 Å². The summed E-state index contributed by atoms with van der Waals surface area (Å²) in [5, 5.41) is 10.4. The summed E-state index contributed by atoms with van der Waals surface area (Å²) in [4.78, 5) is 0.682. The van der Waals surface area contributed by atoms with E-state index in [1.54, 1.807) is 0 Å². The van der Waals surface area contributed by atoms with Crippen LogP contribution in [-0.2, 0) is 6.18 Å². The zero-order valence-electron chi connectivity index (χ0n) is 7.82. The van der Waals surface area contributed by atoms with Crippen LogP contribution in [0.25, 0.3) is 0 Å². The molecule has 0 spiro atoms. The second-order valence-electron chi connectivity index (χ2n) is 2.93. The van der Waals surface area contributed by atoms with Crippen LogP contribution in [0.5, 0.6) is 0 Å². The monoisotopic (exact) mass is 245 g/mol. The fraction of sp³-hybridized carbons (Fsp3) is 0.111. The molecule has 84 valence electrons. The zero-order valence-corrected chi connectivity index (χ0v) is 8.64. The van der Waals surface area contributed by atoms with E-state index < -0.39 is 11.7 Å². The number of hydrogen-bond acceptors (Lipinski definition) is 3. The molecule has 0 radical (unpaired) electrons. The topological polar surface area (TPSA) is 41.6 Å². The first-order valence-corrected chi connectivity index (χ1v) is 5.08. The first-order valence-electron chi connectivity index (χ1n) is 4.26. The molecule has 0 unspecified atom stereocenters. The summed E-state index contributed by atoms with van der Waals surface area (Å²) in [7, 11) is 0. The van der Waals surface area contributed by atoms with Crippen molar-refractivity contribution >= 4 is 11.8 Å². The molecule has 1 heterocycles. The van der Waals surface area contributed by atoms with Crippen LogP contribution in [0.2, 0.25) is 0 Å². The Bertz CT molecular complexity index is 450. The lowest BCUT2D eigenvalue weighted by Gasteiger charge is -2.06. The minimum Gasteiger partial charge on any atom is -0.197 e. The van der Waals surface area contributed by atoms with Gasteiger partial charge in [-0.1, -0.05) is 11.8 Å². The average Bonchev–Trinajstić information content (AvgIpc) is 2.70. The van der Waals surface area contributed by atoms with E-state index in [0.717, 1.165) is 12.1 Å². The SMILES string of the molecule is FC(F)(F)c1ccc(Sc2cn[nH]n2)cc1. The number of rotatable bonds is 2. The second kappa shape index (κ2) is 4.17. The van der Waals surface area contributed by atoms with Gasteiger partial charge in [0.05, 0.1) is 11.8 Å². The highest BCUT2D eigenvalue weighted by Gasteiger charge is 2.29. The Balaban J connectivity index is 2.14. The van der Waals surface area contributed by atoms with Gasteiger partial charge >= 0.3 is 6.18 Å². The number of halogens is 3. The van der Waals surface area contributed by atoms with Gasteiger partial charge in [0.2, 0.25) is 0 Å². The lowest BCUT2D eigenvalue weighted by Crippen LogP contribution is -2.03. The van der Waals surface area contributed by atoms with Gasteiger partial charge in [-0.2, -0.15) is 23.5 Å². The maximum absolute atomic E-state index is 12.3. The number of aromatic amines is 1. The Kier molecular flexibility index (Phi) is 2.86. The highest BCUT2D eigenvalue weighted by molar-refractivity contribution is 7.99. The molecule has 2 rings (SSSR count). The van der Waals surface area contributed by atoms with E-state index in [0.29, 0.717) is 9.92 Å². The molecule has 0 saturated carbocycles. The Morgan fingerprint density at radius 3 is 2.31 bits per heavy atom. The molecule has 1 N–H and O–H groups in total. The van der Waals surface area contributed by atoms with Crippen molar-refractivity contribution in [3.05, 3.63) is 36.0 Å². The maximum Gasteiger partial charge on any atom is 0.416 e. The quantitative estimate of drug-likeness (QED) is 0.884. The number of alkyl halides is 3. The largest absolute Gasteiger partial charge is 0.416 e. The third kappa shape index (κ3) is 2.54. The number of hydrogen-bond donors (Lipinski definition) is 1. The molecule has 7 heteroatoms. The molecule has 0 aliphatic carbocycles. The minimum absolute atomic E-state index is 0.611. The van der Waals surface area contributed by atoms with Crippen molar-refractivity contribution in [3.8, 4) is 0 Å². The lowest BCUT2D eigenvalue weighted by atomic mass is 10.2. The Morgan fingerprint density at radius 2 is 1.81 bits per heavy atom. The molecule has 1 aromatic heterocycles. The normalized spacial score (nSPS) is 11.7. The summed E-state index contributed by atoms with van der Waals surface area (Å²) in [6.07, 6.45) is -2.79. The fourth-order valence-electron chi connectivity index (χ4n) is 1.07. The highest BCUT2D eigenvalue weighted by Crippen LogP contribution is 2.32. The van der Waals surface area contributed by atoms with Crippen molar-refractivity contribution in [2.45, 2.75) is 16.1 Å². The molecule has 0 aliphatic rings. The van der Waals surface area contributed by atoms with Gasteiger partial charge in [0.15, 0.2) is 0 Å². The molecule has 16 heavy (non-hydrogen) atoms. The van der Waals surface area contributed by atoms with Gasteiger partial charge in [-0.15, -0.1) is 5.10 Å². The van der Waals surface area contributed by atoms with Crippen LogP contribution in [0.15, 0.2) is 40.4 Å². The summed E-state index contributed by atoms with van der Waals surface area (Å²) in [6.45, 7) is 0. The maximum atomic E-state index is 12.3. The average molecular weight is 245 g/mol. The molecule has 0 atom stereocenters. The van der Waals surface area contributed by atoms with Crippen molar-refractivity contribution in [3.63, 3.8) is 0 Å². The first-order chi connectivity index (χ1) is 7.55. The Hall–Kier alpha value is -1.50. The smallest absolute Gasteiger partial charge is 0.197 e. The highest BCUT2D eigenvalue weighted by atomic mass is 32.2. The number of nitrogens with one attached hydrogen (secondary N) is 1. The summed E-state index contributed by atoms with van der Waals surface area (Å²) in [5.74, 6) is 0. The first kappa shape index (κ1) is 11.0. The Morgan fingerprint density at radius 1 is 1.12 bits per heavy atom. The molecular weight excluding hydrogens is 239 g/mol. The number of aromatic nitrogens is 3. The molecule has 1 aromatic carbocycles. The van der Waals surface area contributed by atoms with E-state index in [-0.39, 0.29) is 0 Å². The number of benzene rings is 1. The molecular formula is C9H6F3N3S. The molecule has 0 amide bonds. The van der Waals surface area contributed by atoms with E-state index in [9.17, 15) is 13.2 Å². The van der Waals surface area contributed by atoms with Crippen molar-refractivity contribution in [2.24, 2.45) is 0 Å². The number of nitrogens with zero attached hydrogens (tertiary/aromatic N) is 2. The lowest BCUT2D eigenvalue weighted by molar-refractivity contribution is -0.137. The summed E-state index contributed by atoms with van der Waals surface area (Å²) in [5.41, 5.74) is -0.656. The van der Waals surface area contributed by atoms with Crippen molar-refractivity contribution in [2.75, 3.05) is 0 Å². The fourth-order valence-corrected chi connectivity index (χ4v) is 1.78. The van der Waals surface area contributed by atoms with Crippen molar-refractivity contribution < 1.29 is 13.2 Å². The van der Waals surface area contributed by atoms with E-state index in [1.807, 2.05) is 0 Å². The van der Waals surface area contributed by atoms with Gasteiger partial charge in [-0.25, -0.2) is 0 Å². The Labute approximate surface area is 93.1 Å². The van der Waals surface area contributed by atoms with Crippen molar-refractivity contribution in [1.29, 1.82) is 0 Å². The predicted molar refractivity (Wildman–Crippen MR) is 51.9 cm³/mol. The van der Waals surface area contributed by atoms with Crippen LogP contribution in [0.1, 0.15) is 5.56 Å². The predicted octanol–water partition coefficient (Wildman–Crippen LogP) is 2.97. The summed E-state index contributed by atoms with van der Waals surface area (Å²) < 4.78 is 36.8. The van der Waals surface area contributed by atoms with Crippen LogP contribution >= 0.6 is 11.8 Å². The second-order valence-corrected chi connectivity index (χ2v) is 4.03. The third-order valence-corrected chi connectivity index (χ3v) is 2.71. The molecule has 0 saturated heterocycles. The van der Waals surface area contributed by atoms with Gasteiger partial charge in [0.25, 0.3) is 0 Å². The molecule has 0 aliphatic heterocycles. The van der Waals surface area contributed by atoms with E-state index in [4.69, 9.17) is 0 Å². The van der Waals surface area contributed by atoms with Gasteiger partial charge in [-0.05, 0) is 24.3 Å². The van der Waals surface area contributed by atoms with Gasteiger partial charge < -0.3 is 0 Å². The molecule has 2 aromatic rings. The van der Waals surface area contributed by atoms with E-state index in [1.165, 1.54) is 30.1 Å². The van der Waals surface area contributed by atoms with Gasteiger partial charge in [0.1, 0.15) is 5.03 Å².